The molecule has 1 amide bonds. The number of para-hydroxylation sites is 1. The van der Waals surface area contributed by atoms with Crippen LogP contribution in [0.5, 0.6) is 11.6 Å². The Labute approximate surface area is 224 Å². The number of anilines is 1. The number of rotatable bonds is 5. The third-order valence-corrected chi connectivity index (χ3v) is 6.95. The van der Waals surface area contributed by atoms with Gasteiger partial charge >= 0.3 is 0 Å². The predicted octanol–water partition coefficient (Wildman–Crippen LogP) is 6.55. The van der Waals surface area contributed by atoms with Gasteiger partial charge in [0.1, 0.15) is 5.75 Å². The number of carbonyl (C=O) groups is 1. The topological polar surface area (TPSA) is 77.4 Å². The van der Waals surface area contributed by atoms with Crippen molar-refractivity contribution >= 4 is 34.1 Å². The molecule has 7 nitrogen and oxygen atoms in total. The molecule has 6 rings (SSSR count). The number of ether oxygens (including phenoxy) is 2. The summed E-state index contributed by atoms with van der Waals surface area (Å²) >= 11 is 1.37. The van der Waals surface area contributed by atoms with Crippen LogP contribution in [-0.4, -0.2) is 34.0 Å². The second kappa shape index (κ2) is 10.1. The van der Waals surface area contributed by atoms with E-state index in [1.54, 1.807) is 17.0 Å². The maximum atomic E-state index is 14.3. The van der Waals surface area contributed by atoms with Crippen LogP contribution in [0.4, 0.5) is 5.69 Å². The van der Waals surface area contributed by atoms with Crippen LogP contribution in [0.1, 0.15) is 29.1 Å². The number of nitrogens with zero attached hydrogens (tertiary/aromatic N) is 4. The Morgan fingerprint density at radius 2 is 1.71 bits per heavy atom. The lowest BCUT2D eigenvalue weighted by molar-refractivity contribution is 0.0908. The second-order valence-electron chi connectivity index (χ2n) is 8.61. The van der Waals surface area contributed by atoms with E-state index in [4.69, 9.17) is 9.47 Å². The highest BCUT2D eigenvalue weighted by molar-refractivity contribution is 7.98. The summed E-state index contributed by atoms with van der Waals surface area (Å²) in [5.41, 5.74) is 3.10. The van der Waals surface area contributed by atoms with E-state index in [-0.39, 0.29) is 5.91 Å². The van der Waals surface area contributed by atoms with Crippen molar-refractivity contribution in [3.63, 3.8) is 0 Å². The number of carbonyl (C=O) groups excluding carboxylic acids is 1. The smallest absolute Gasteiger partial charge is 0.261 e. The summed E-state index contributed by atoms with van der Waals surface area (Å²) in [6, 6.07) is 28.8. The van der Waals surface area contributed by atoms with Crippen molar-refractivity contribution < 1.29 is 14.3 Å². The SMILES string of the molecule is CCOc1ccc2ccccc2c1[C@@H]1Oc2nc(SC)nnc2-c2ccccc2N1C(=O)c1ccccc1. The van der Waals surface area contributed by atoms with Crippen molar-refractivity contribution in [3.05, 3.63) is 102 Å². The van der Waals surface area contributed by atoms with Gasteiger partial charge in [0.15, 0.2) is 5.69 Å². The van der Waals surface area contributed by atoms with Gasteiger partial charge in [0.05, 0.1) is 17.9 Å². The van der Waals surface area contributed by atoms with Gasteiger partial charge in [-0.3, -0.25) is 9.69 Å². The number of amides is 1. The lowest BCUT2D eigenvalue weighted by Gasteiger charge is -2.32. The molecule has 8 heteroatoms. The summed E-state index contributed by atoms with van der Waals surface area (Å²) in [5.74, 6) is 0.722. The molecular formula is C30H24N4O3S. The van der Waals surface area contributed by atoms with E-state index in [0.717, 1.165) is 16.3 Å². The van der Waals surface area contributed by atoms with Crippen molar-refractivity contribution in [3.8, 4) is 22.9 Å². The molecule has 4 aromatic carbocycles. The van der Waals surface area contributed by atoms with Gasteiger partial charge in [0.25, 0.3) is 5.91 Å². The number of benzene rings is 4. The van der Waals surface area contributed by atoms with Gasteiger partial charge in [0.2, 0.25) is 17.3 Å². The quantitative estimate of drug-likeness (QED) is 0.243. The summed E-state index contributed by atoms with van der Waals surface area (Å²) in [6.45, 7) is 2.39. The minimum Gasteiger partial charge on any atom is -0.493 e. The first-order valence-electron chi connectivity index (χ1n) is 12.3. The van der Waals surface area contributed by atoms with E-state index in [1.807, 2.05) is 92.0 Å². The lowest BCUT2D eigenvalue weighted by Crippen LogP contribution is -2.38. The Morgan fingerprint density at radius 3 is 2.53 bits per heavy atom. The summed E-state index contributed by atoms with van der Waals surface area (Å²) in [6.07, 6.45) is 0.985. The van der Waals surface area contributed by atoms with E-state index in [2.05, 4.69) is 15.2 Å². The first-order chi connectivity index (χ1) is 18.7. The molecule has 1 atom stereocenters. The highest BCUT2D eigenvalue weighted by Crippen LogP contribution is 2.47. The zero-order valence-corrected chi connectivity index (χ0v) is 21.7. The van der Waals surface area contributed by atoms with E-state index in [9.17, 15) is 4.79 Å². The fourth-order valence-electron chi connectivity index (χ4n) is 4.74. The van der Waals surface area contributed by atoms with Gasteiger partial charge in [0, 0.05) is 11.1 Å². The molecule has 0 saturated carbocycles. The van der Waals surface area contributed by atoms with Gasteiger partial charge in [-0.25, -0.2) is 0 Å². The number of fused-ring (bicyclic) bond motifs is 4. The van der Waals surface area contributed by atoms with Gasteiger partial charge in [-0.05, 0) is 48.2 Å². The molecule has 188 valence electrons. The number of hydrogen-bond acceptors (Lipinski definition) is 7. The largest absolute Gasteiger partial charge is 0.493 e. The molecule has 38 heavy (non-hydrogen) atoms. The molecule has 1 aliphatic heterocycles. The van der Waals surface area contributed by atoms with Gasteiger partial charge in [-0.2, -0.15) is 4.98 Å². The first kappa shape index (κ1) is 23.9. The number of thioether (sulfide) groups is 1. The maximum Gasteiger partial charge on any atom is 0.261 e. The Bertz CT molecular complexity index is 1640. The van der Waals surface area contributed by atoms with Crippen LogP contribution in [0.15, 0.2) is 96.2 Å². The molecule has 1 aliphatic rings. The molecule has 0 bridgehead atoms. The summed E-state index contributed by atoms with van der Waals surface area (Å²) < 4.78 is 12.8. The zero-order chi connectivity index (χ0) is 26.1. The molecule has 0 fully saturated rings. The summed E-state index contributed by atoms with van der Waals surface area (Å²) in [5, 5.41) is 11.1. The number of aromatic nitrogens is 3. The van der Waals surface area contributed by atoms with Crippen LogP contribution in [0, 0.1) is 0 Å². The lowest BCUT2D eigenvalue weighted by atomic mass is 10.00. The van der Waals surface area contributed by atoms with E-state index in [0.29, 0.717) is 45.9 Å². The molecule has 0 spiro atoms. The van der Waals surface area contributed by atoms with E-state index < -0.39 is 6.23 Å². The van der Waals surface area contributed by atoms with Crippen LogP contribution in [0.25, 0.3) is 22.0 Å². The Kier molecular flexibility index (Phi) is 6.39. The Balaban J connectivity index is 1.68. The predicted molar refractivity (Wildman–Crippen MR) is 149 cm³/mol. The molecule has 2 heterocycles. The molecular weight excluding hydrogens is 496 g/mol. The van der Waals surface area contributed by atoms with Gasteiger partial charge in [-0.1, -0.05) is 78.5 Å². The fraction of sp³-hybridized carbons (Fsp3) is 0.133. The third-order valence-electron chi connectivity index (χ3n) is 6.41. The molecule has 0 aliphatic carbocycles. The van der Waals surface area contributed by atoms with Crippen LogP contribution in [-0.2, 0) is 0 Å². The van der Waals surface area contributed by atoms with Crippen molar-refractivity contribution in [2.45, 2.75) is 18.3 Å². The second-order valence-corrected chi connectivity index (χ2v) is 9.39. The van der Waals surface area contributed by atoms with Gasteiger partial charge < -0.3 is 9.47 Å². The molecule has 1 aromatic heterocycles. The maximum absolute atomic E-state index is 14.3. The summed E-state index contributed by atoms with van der Waals surface area (Å²) in [4.78, 5) is 20.7. The Hall–Kier alpha value is -4.43. The molecule has 0 saturated heterocycles. The van der Waals surface area contributed by atoms with Crippen LogP contribution >= 0.6 is 11.8 Å². The van der Waals surface area contributed by atoms with Crippen LogP contribution in [0.3, 0.4) is 0 Å². The molecule has 0 unspecified atom stereocenters. The van der Waals surface area contributed by atoms with Gasteiger partial charge in [-0.15, -0.1) is 10.2 Å². The number of hydrogen-bond donors (Lipinski definition) is 0. The van der Waals surface area contributed by atoms with Crippen LogP contribution < -0.4 is 14.4 Å². The standard InChI is InChI=1S/C30H24N4O3S/c1-3-36-24-18-17-19-11-7-8-14-21(19)25(24)29-34(28(35)20-12-5-4-6-13-20)23-16-10-9-15-22(23)26-27(37-29)31-30(38-2)33-32-26/h4-18,29H,3H2,1-2H3/t29-/m0/s1. The first-order valence-corrected chi connectivity index (χ1v) is 13.5. The van der Waals surface area contributed by atoms with Crippen molar-refractivity contribution in [1.29, 1.82) is 0 Å². The normalized spacial score (nSPS) is 14.3. The molecule has 5 aromatic rings. The van der Waals surface area contributed by atoms with Crippen molar-refractivity contribution in [2.24, 2.45) is 0 Å². The summed E-state index contributed by atoms with van der Waals surface area (Å²) in [7, 11) is 0. The fourth-order valence-corrected chi connectivity index (χ4v) is 5.04. The average Bonchev–Trinajstić information content (AvgIpc) is 3.11. The van der Waals surface area contributed by atoms with Crippen molar-refractivity contribution in [1.82, 2.24) is 15.2 Å². The van der Waals surface area contributed by atoms with Crippen molar-refractivity contribution in [2.75, 3.05) is 17.8 Å². The third kappa shape index (κ3) is 4.13. The minimum absolute atomic E-state index is 0.218. The molecule has 0 N–H and O–H groups in total. The monoisotopic (exact) mass is 520 g/mol. The molecule has 0 radical (unpaired) electrons. The minimum atomic E-state index is -0.899. The highest BCUT2D eigenvalue weighted by atomic mass is 32.2. The zero-order valence-electron chi connectivity index (χ0n) is 20.9. The van der Waals surface area contributed by atoms with E-state index >= 15 is 0 Å². The van der Waals surface area contributed by atoms with Crippen LogP contribution in [0.2, 0.25) is 0 Å². The Morgan fingerprint density at radius 1 is 0.947 bits per heavy atom. The average molecular weight is 521 g/mol. The highest BCUT2D eigenvalue weighted by Gasteiger charge is 2.38. The van der Waals surface area contributed by atoms with E-state index in [1.165, 1.54) is 11.8 Å².